The van der Waals surface area contributed by atoms with Crippen LogP contribution in [0.4, 0.5) is 0 Å². The zero-order valence-electron chi connectivity index (χ0n) is 9.67. The van der Waals surface area contributed by atoms with Gasteiger partial charge in [0, 0.05) is 12.0 Å². The van der Waals surface area contributed by atoms with E-state index in [-0.39, 0.29) is 0 Å². The molecular weight excluding hydrogens is 226 g/mol. The van der Waals surface area contributed by atoms with Crippen LogP contribution in [0.15, 0.2) is 52.9 Å². The lowest BCUT2D eigenvalue weighted by Crippen LogP contribution is -1.86. The van der Waals surface area contributed by atoms with Crippen molar-refractivity contribution < 1.29 is 9.21 Å². The van der Waals surface area contributed by atoms with Crippen LogP contribution in [0, 0.1) is 0 Å². The van der Waals surface area contributed by atoms with Gasteiger partial charge in [0.1, 0.15) is 11.8 Å². The van der Waals surface area contributed by atoms with E-state index in [1.54, 1.807) is 18.2 Å². The Morgan fingerprint density at radius 3 is 2.72 bits per heavy atom. The highest BCUT2D eigenvalue weighted by atomic mass is 16.3. The Labute approximate surface area is 104 Å². The van der Waals surface area contributed by atoms with Gasteiger partial charge >= 0.3 is 0 Å². The van der Waals surface area contributed by atoms with Gasteiger partial charge in [-0.2, -0.15) is 0 Å². The highest BCUT2D eigenvalue weighted by Gasteiger charge is 2.06. The topological polar surface area (TPSA) is 43.1 Å². The lowest BCUT2D eigenvalue weighted by molar-refractivity contribution is 0.112. The number of hydrogen-bond acceptors (Lipinski definition) is 3. The largest absolute Gasteiger partial charge is 0.440 e. The maximum atomic E-state index is 10.7. The van der Waals surface area contributed by atoms with E-state index in [1.807, 2.05) is 30.3 Å². The highest BCUT2D eigenvalue weighted by molar-refractivity contribution is 5.83. The molecule has 2 aromatic carbocycles. The lowest BCUT2D eigenvalue weighted by Gasteiger charge is -1.94. The summed E-state index contributed by atoms with van der Waals surface area (Å²) in [5, 5.41) is 0. The fourth-order valence-corrected chi connectivity index (χ4v) is 1.91. The Bertz CT molecular complexity index is 686. The van der Waals surface area contributed by atoms with Crippen molar-refractivity contribution in [2.45, 2.75) is 6.42 Å². The summed E-state index contributed by atoms with van der Waals surface area (Å²) in [7, 11) is 0. The van der Waals surface area contributed by atoms with Crippen molar-refractivity contribution in [1.82, 2.24) is 4.98 Å². The van der Waals surface area contributed by atoms with Gasteiger partial charge in [-0.1, -0.05) is 30.3 Å². The van der Waals surface area contributed by atoms with E-state index >= 15 is 0 Å². The Kier molecular flexibility index (Phi) is 2.65. The molecule has 0 N–H and O–H groups in total. The van der Waals surface area contributed by atoms with E-state index < -0.39 is 0 Å². The number of fused-ring (bicyclic) bond motifs is 1. The molecule has 1 aromatic heterocycles. The molecule has 3 rings (SSSR count). The Balaban J connectivity index is 1.96. The van der Waals surface area contributed by atoms with Crippen molar-refractivity contribution >= 4 is 17.4 Å². The first-order chi connectivity index (χ1) is 8.85. The third kappa shape index (κ3) is 2.02. The smallest absolute Gasteiger partial charge is 0.199 e. The summed E-state index contributed by atoms with van der Waals surface area (Å²) in [5.41, 5.74) is 3.21. The maximum absolute atomic E-state index is 10.7. The number of hydrogen-bond donors (Lipinski definition) is 0. The summed E-state index contributed by atoms with van der Waals surface area (Å²) in [5.74, 6) is 0.666. The number of rotatable bonds is 3. The number of benzene rings is 2. The minimum Gasteiger partial charge on any atom is -0.440 e. The summed E-state index contributed by atoms with van der Waals surface area (Å²) in [4.78, 5) is 15.1. The monoisotopic (exact) mass is 237 g/mol. The standard InChI is InChI=1S/C15H11NO2/c17-10-12-6-7-14-13(8-12)16-15(18-14)9-11-4-2-1-3-5-11/h1-8,10H,9H2. The van der Waals surface area contributed by atoms with E-state index in [9.17, 15) is 4.79 Å². The van der Waals surface area contributed by atoms with Crippen molar-refractivity contribution in [2.24, 2.45) is 0 Å². The molecule has 0 fully saturated rings. The minimum atomic E-state index is 0.613. The second-order valence-corrected chi connectivity index (χ2v) is 4.11. The van der Waals surface area contributed by atoms with Gasteiger partial charge in [-0.3, -0.25) is 4.79 Å². The first kappa shape index (κ1) is 10.7. The van der Waals surface area contributed by atoms with Crippen molar-refractivity contribution in [3.8, 4) is 0 Å². The zero-order chi connectivity index (χ0) is 12.4. The molecule has 88 valence electrons. The van der Waals surface area contributed by atoms with Crippen LogP contribution < -0.4 is 0 Å². The predicted octanol–water partition coefficient (Wildman–Crippen LogP) is 3.23. The van der Waals surface area contributed by atoms with Crippen LogP contribution in [0.5, 0.6) is 0 Å². The van der Waals surface area contributed by atoms with E-state index in [0.29, 0.717) is 23.5 Å². The van der Waals surface area contributed by atoms with E-state index in [1.165, 1.54) is 0 Å². The SMILES string of the molecule is O=Cc1ccc2oc(Cc3ccccc3)nc2c1. The second kappa shape index (κ2) is 4.45. The first-order valence-corrected chi connectivity index (χ1v) is 5.74. The average Bonchev–Trinajstić information content (AvgIpc) is 2.80. The fourth-order valence-electron chi connectivity index (χ4n) is 1.91. The Hall–Kier alpha value is -2.42. The molecule has 0 unspecified atom stereocenters. The van der Waals surface area contributed by atoms with Crippen LogP contribution >= 0.6 is 0 Å². The lowest BCUT2D eigenvalue weighted by atomic mass is 10.1. The molecule has 0 saturated heterocycles. The quantitative estimate of drug-likeness (QED) is 0.657. The third-order valence-electron chi connectivity index (χ3n) is 2.79. The number of carbonyl (C=O) groups is 1. The van der Waals surface area contributed by atoms with Gasteiger partial charge in [0.2, 0.25) is 0 Å². The average molecular weight is 237 g/mol. The van der Waals surface area contributed by atoms with Crippen LogP contribution in [0.25, 0.3) is 11.1 Å². The molecule has 18 heavy (non-hydrogen) atoms. The van der Waals surface area contributed by atoms with Crippen LogP contribution in [0.1, 0.15) is 21.8 Å². The molecule has 0 radical (unpaired) electrons. The molecule has 3 aromatic rings. The molecule has 0 bridgehead atoms. The molecule has 3 nitrogen and oxygen atoms in total. The van der Waals surface area contributed by atoms with Gasteiger partial charge in [-0.05, 0) is 23.8 Å². The summed E-state index contributed by atoms with van der Waals surface area (Å²) < 4.78 is 5.64. The van der Waals surface area contributed by atoms with Gasteiger partial charge in [0.05, 0.1) is 0 Å². The Morgan fingerprint density at radius 2 is 1.94 bits per heavy atom. The van der Waals surface area contributed by atoms with Gasteiger partial charge in [-0.25, -0.2) is 4.98 Å². The molecule has 0 amide bonds. The summed E-state index contributed by atoms with van der Waals surface area (Å²) >= 11 is 0. The number of aldehydes is 1. The fraction of sp³-hybridized carbons (Fsp3) is 0.0667. The molecule has 0 spiro atoms. The number of nitrogens with zero attached hydrogens (tertiary/aromatic N) is 1. The Morgan fingerprint density at radius 1 is 1.11 bits per heavy atom. The molecule has 1 heterocycles. The predicted molar refractivity (Wildman–Crippen MR) is 68.6 cm³/mol. The summed E-state index contributed by atoms with van der Waals surface area (Å²) in [6.07, 6.45) is 1.47. The zero-order valence-corrected chi connectivity index (χ0v) is 9.67. The molecular formula is C15H11NO2. The minimum absolute atomic E-state index is 0.613. The van der Waals surface area contributed by atoms with Crippen LogP contribution in [0.3, 0.4) is 0 Å². The maximum Gasteiger partial charge on any atom is 0.199 e. The normalized spacial score (nSPS) is 10.7. The van der Waals surface area contributed by atoms with Gasteiger partial charge in [-0.15, -0.1) is 0 Å². The van der Waals surface area contributed by atoms with Crippen molar-refractivity contribution in [2.75, 3.05) is 0 Å². The van der Waals surface area contributed by atoms with Crippen LogP contribution in [-0.4, -0.2) is 11.3 Å². The van der Waals surface area contributed by atoms with Crippen molar-refractivity contribution in [1.29, 1.82) is 0 Å². The van der Waals surface area contributed by atoms with Crippen molar-refractivity contribution in [3.05, 3.63) is 65.5 Å². The van der Waals surface area contributed by atoms with Gasteiger partial charge < -0.3 is 4.42 Å². The molecule has 3 heteroatoms. The van der Waals surface area contributed by atoms with Crippen molar-refractivity contribution in [3.63, 3.8) is 0 Å². The highest BCUT2D eigenvalue weighted by Crippen LogP contribution is 2.18. The molecule has 0 aliphatic rings. The summed E-state index contributed by atoms with van der Waals surface area (Å²) in [6.45, 7) is 0. The number of carbonyl (C=O) groups excluding carboxylic acids is 1. The molecule has 0 atom stereocenters. The van der Waals surface area contributed by atoms with Gasteiger partial charge in [0.25, 0.3) is 0 Å². The molecule has 0 saturated carbocycles. The third-order valence-corrected chi connectivity index (χ3v) is 2.79. The first-order valence-electron chi connectivity index (χ1n) is 5.74. The van der Waals surface area contributed by atoms with Crippen LogP contribution in [0.2, 0.25) is 0 Å². The molecule has 0 aliphatic carbocycles. The molecule has 0 aliphatic heterocycles. The van der Waals surface area contributed by atoms with E-state index in [2.05, 4.69) is 4.98 Å². The number of aromatic nitrogens is 1. The second-order valence-electron chi connectivity index (χ2n) is 4.11. The van der Waals surface area contributed by atoms with E-state index in [4.69, 9.17) is 4.42 Å². The van der Waals surface area contributed by atoms with Gasteiger partial charge in [0.15, 0.2) is 11.5 Å². The van der Waals surface area contributed by atoms with E-state index in [0.717, 1.165) is 17.4 Å². The van der Waals surface area contributed by atoms with Crippen LogP contribution in [-0.2, 0) is 6.42 Å². The number of oxazole rings is 1. The summed E-state index contributed by atoms with van der Waals surface area (Å²) in [6, 6.07) is 15.3.